The Morgan fingerprint density at radius 3 is 2.06 bits per heavy atom. The molecular formula is C26H32FNO3. The van der Waals surface area contributed by atoms with Gasteiger partial charge in [-0.15, -0.1) is 0 Å². The lowest BCUT2D eigenvalue weighted by Crippen LogP contribution is -2.47. The van der Waals surface area contributed by atoms with Crippen molar-refractivity contribution in [3.63, 3.8) is 0 Å². The summed E-state index contributed by atoms with van der Waals surface area (Å²) in [6, 6.07) is 13.7. The lowest BCUT2D eigenvalue weighted by atomic mass is 9.73. The smallest absolute Gasteiger partial charge is 0.312 e. The molecule has 4 nitrogen and oxygen atoms in total. The van der Waals surface area contributed by atoms with Crippen molar-refractivity contribution in [1.82, 2.24) is 4.90 Å². The van der Waals surface area contributed by atoms with Crippen molar-refractivity contribution in [1.29, 1.82) is 0 Å². The molecule has 0 spiro atoms. The molecule has 1 aliphatic heterocycles. The molecule has 0 bridgehead atoms. The fraction of sp³-hybridized carbons (Fsp3) is 0.462. The van der Waals surface area contributed by atoms with Crippen molar-refractivity contribution >= 4 is 11.9 Å². The number of piperidine rings is 1. The van der Waals surface area contributed by atoms with Gasteiger partial charge in [0.15, 0.2) is 0 Å². The third-order valence-corrected chi connectivity index (χ3v) is 6.23. The van der Waals surface area contributed by atoms with Crippen LogP contribution in [-0.4, -0.2) is 36.5 Å². The van der Waals surface area contributed by atoms with Crippen LogP contribution >= 0.6 is 0 Å². The van der Waals surface area contributed by atoms with Crippen molar-refractivity contribution in [2.24, 2.45) is 11.3 Å². The number of benzene rings is 2. The van der Waals surface area contributed by atoms with E-state index in [1.54, 1.807) is 12.1 Å². The lowest BCUT2D eigenvalue weighted by Gasteiger charge is -2.40. The molecule has 1 saturated heterocycles. The minimum Gasteiger partial charge on any atom is -0.466 e. The predicted octanol–water partition coefficient (Wildman–Crippen LogP) is 5.71. The number of esters is 1. The van der Waals surface area contributed by atoms with E-state index in [-0.39, 0.29) is 17.7 Å². The second-order valence-electron chi connectivity index (χ2n) is 8.81. The maximum atomic E-state index is 13.1. The first-order valence-electron chi connectivity index (χ1n) is 11.2. The molecule has 1 aliphatic rings. The Morgan fingerprint density at radius 2 is 1.55 bits per heavy atom. The maximum absolute atomic E-state index is 13.1. The molecule has 1 fully saturated rings. The van der Waals surface area contributed by atoms with Gasteiger partial charge in [0.05, 0.1) is 12.0 Å². The zero-order valence-corrected chi connectivity index (χ0v) is 18.7. The van der Waals surface area contributed by atoms with E-state index >= 15 is 0 Å². The summed E-state index contributed by atoms with van der Waals surface area (Å²) < 4.78 is 18.5. The number of carbonyl (C=O) groups is 2. The molecule has 0 aromatic heterocycles. The highest BCUT2D eigenvalue weighted by Crippen LogP contribution is 2.39. The predicted molar refractivity (Wildman–Crippen MR) is 120 cm³/mol. The number of halogens is 1. The average Bonchev–Trinajstić information content (AvgIpc) is 2.78. The highest BCUT2D eigenvalue weighted by atomic mass is 19.1. The van der Waals surface area contributed by atoms with Gasteiger partial charge in [-0.25, -0.2) is 4.39 Å². The van der Waals surface area contributed by atoms with Gasteiger partial charge in [-0.3, -0.25) is 9.59 Å². The summed E-state index contributed by atoms with van der Waals surface area (Å²) in [5.41, 5.74) is 1.98. The van der Waals surface area contributed by atoms with E-state index in [1.165, 1.54) is 12.1 Å². The third kappa shape index (κ3) is 5.52. The van der Waals surface area contributed by atoms with E-state index in [4.69, 9.17) is 4.74 Å². The molecule has 166 valence electrons. The molecule has 3 rings (SSSR count). The molecule has 0 aliphatic carbocycles. The summed E-state index contributed by atoms with van der Waals surface area (Å²) in [4.78, 5) is 27.6. The highest BCUT2D eigenvalue weighted by Gasteiger charge is 2.43. The van der Waals surface area contributed by atoms with Crippen LogP contribution in [0.5, 0.6) is 0 Å². The average molecular weight is 426 g/mol. The first kappa shape index (κ1) is 23.0. The maximum Gasteiger partial charge on any atom is 0.312 e. The van der Waals surface area contributed by atoms with Gasteiger partial charge in [-0.2, -0.15) is 0 Å². The van der Waals surface area contributed by atoms with Crippen molar-refractivity contribution in [3.05, 3.63) is 59.9 Å². The molecule has 0 atom stereocenters. The molecule has 1 amide bonds. The number of amides is 1. The van der Waals surface area contributed by atoms with Crippen molar-refractivity contribution in [3.8, 4) is 11.1 Å². The third-order valence-electron chi connectivity index (χ3n) is 6.23. The van der Waals surface area contributed by atoms with Gasteiger partial charge in [-0.1, -0.05) is 38.1 Å². The van der Waals surface area contributed by atoms with Gasteiger partial charge in [0.1, 0.15) is 5.82 Å². The number of nitrogens with zero attached hydrogens (tertiary/aromatic N) is 1. The topological polar surface area (TPSA) is 46.6 Å². The van der Waals surface area contributed by atoms with Gasteiger partial charge in [-0.05, 0) is 73.9 Å². The van der Waals surface area contributed by atoms with E-state index in [0.29, 0.717) is 44.0 Å². The molecule has 1 heterocycles. The van der Waals surface area contributed by atoms with Crippen LogP contribution in [0, 0.1) is 17.2 Å². The highest BCUT2D eigenvalue weighted by molar-refractivity contribution is 5.95. The van der Waals surface area contributed by atoms with Gasteiger partial charge in [0.2, 0.25) is 0 Å². The van der Waals surface area contributed by atoms with Crippen molar-refractivity contribution in [2.45, 2.75) is 46.5 Å². The van der Waals surface area contributed by atoms with E-state index in [1.807, 2.05) is 36.1 Å². The van der Waals surface area contributed by atoms with Gasteiger partial charge in [0.25, 0.3) is 5.91 Å². The quantitative estimate of drug-likeness (QED) is 0.534. The van der Waals surface area contributed by atoms with Crippen LogP contribution in [0.25, 0.3) is 11.1 Å². The Bertz CT molecular complexity index is 882. The Labute approximate surface area is 184 Å². The fourth-order valence-corrected chi connectivity index (χ4v) is 4.17. The van der Waals surface area contributed by atoms with Gasteiger partial charge < -0.3 is 9.64 Å². The van der Waals surface area contributed by atoms with Crippen molar-refractivity contribution < 1.29 is 18.7 Å². The molecule has 2 aromatic carbocycles. The minimum atomic E-state index is -0.483. The summed E-state index contributed by atoms with van der Waals surface area (Å²) in [5.74, 6) is 0.108. The Hall–Kier alpha value is -2.69. The molecule has 5 heteroatoms. The summed E-state index contributed by atoms with van der Waals surface area (Å²) in [5, 5.41) is 0. The van der Waals surface area contributed by atoms with Crippen LogP contribution in [0.15, 0.2) is 48.5 Å². The zero-order chi connectivity index (χ0) is 22.4. The van der Waals surface area contributed by atoms with Crippen LogP contribution in [0.1, 0.15) is 56.8 Å². The Morgan fingerprint density at radius 1 is 1.00 bits per heavy atom. The molecule has 31 heavy (non-hydrogen) atoms. The number of hydrogen-bond donors (Lipinski definition) is 0. The van der Waals surface area contributed by atoms with Crippen LogP contribution in [-0.2, 0) is 9.53 Å². The van der Waals surface area contributed by atoms with Crippen LogP contribution < -0.4 is 0 Å². The molecule has 0 saturated carbocycles. The molecule has 0 radical (unpaired) electrons. The fourth-order valence-electron chi connectivity index (χ4n) is 4.17. The number of carbonyl (C=O) groups excluding carboxylic acids is 2. The summed E-state index contributed by atoms with van der Waals surface area (Å²) in [6.45, 7) is 7.64. The van der Waals surface area contributed by atoms with Crippen LogP contribution in [0.4, 0.5) is 4.39 Å². The minimum absolute atomic E-state index is 0.0213. The second kappa shape index (κ2) is 10.1. The van der Waals surface area contributed by atoms with Gasteiger partial charge in [0, 0.05) is 18.7 Å². The van der Waals surface area contributed by atoms with Gasteiger partial charge >= 0.3 is 5.97 Å². The first-order valence-corrected chi connectivity index (χ1v) is 11.2. The van der Waals surface area contributed by atoms with E-state index in [2.05, 4.69) is 13.8 Å². The van der Waals surface area contributed by atoms with E-state index in [9.17, 15) is 14.0 Å². The van der Waals surface area contributed by atoms with E-state index in [0.717, 1.165) is 24.0 Å². The summed E-state index contributed by atoms with van der Waals surface area (Å²) in [6.07, 6.45) is 3.05. The Kier molecular flexibility index (Phi) is 7.47. The SMILES string of the molecule is CCOC(=O)C1(CCC(C)C)CCN(C(=O)c2ccc(-c3ccc(F)cc3)cc2)CC1. The molecular weight excluding hydrogens is 393 g/mol. The molecule has 2 aromatic rings. The van der Waals surface area contributed by atoms with Crippen LogP contribution in [0.2, 0.25) is 0 Å². The van der Waals surface area contributed by atoms with Crippen molar-refractivity contribution in [2.75, 3.05) is 19.7 Å². The zero-order valence-electron chi connectivity index (χ0n) is 18.7. The van der Waals surface area contributed by atoms with E-state index < -0.39 is 5.41 Å². The summed E-state index contributed by atoms with van der Waals surface area (Å²) in [7, 11) is 0. The number of ether oxygens (including phenoxy) is 1. The molecule has 0 unspecified atom stereocenters. The second-order valence-corrected chi connectivity index (χ2v) is 8.81. The molecule has 0 N–H and O–H groups in total. The lowest BCUT2D eigenvalue weighted by molar-refractivity contribution is -0.159. The van der Waals surface area contributed by atoms with Crippen LogP contribution in [0.3, 0.4) is 0 Å². The standard InChI is InChI=1S/C26H32FNO3/c1-4-31-25(30)26(14-13-19(2)3)15-17-28(18-16-26)24(29)22-7-5-20(6-8-22)21-9-11-23(27)12-10-21/h5-12,19H,4,13-18H2,1-3H3. The Balaban J connectivity index is 1.67. The number of hydrogen-bond acceptors (Lipinski definition) is 3. The summed E-state index contributed by atoms with van der Waals surface area (Å²) >= 11 is 0. The monoisotopic (exact) mass is 425 g/mol. The first-order chi connectivity index (χ1) is 14.8. The number of likely N-dealkylation sites (tertiary alicyclic amines) is 1. The normalized spacial score (nSPS) is 15.7. The number of rotatable bonds is 7. The largest absolute Gasteiger partial charge is 0.466 e.